The third-order valence-corrected chi connectivity index (χ3v) is 8.25. The van der Waals surface area contributed by atoms with Gasteiger partial charge in [-0.05, 0) is 12.5 Å². The summed E-state index contributed by atoms with van der Waals surface area (Å²) in [5.74, 6) is -1.42. The van der Waals surface area contributed by atoms with Gasteiger partial charge in [-0.1, -0.05) is 0 Å². The summed E-state index contributed by atoms with van der Waals surface area (Å²) >= 11 is 0.812. The van der Waals surface area contributed by atoms with Crippen molar-refractivity contribution in [3.05, 3.63) is 17.0 Å². The zero-order valence-electron chi connectivity index (χ0n) is 10.5. The highest BCUT2D eigenvalue weighted by atomic mass is 32.2. The van der Waals surface area contributed by atoms with Crippen LogP contribution in [0.25, 0.3) is 0 Å². The first kappa shape index (κ1) is 15.4. The highest BCUT2D eigenvalue weighted by molar-refractivity contribution is 7.92. The summed E-state index contributed by atoms with van der Waals surface area (Å²) in [5, 5.41) is 10.0. The number of hydrogen-bond acceptors (Lipinski definition) is 6. The summed E-state index contributed by atoms with van der Waals surface area (Å²) in [6, 6.07) is 0.489. The summed E-state index contributed by atoms with van der Waals surface area (Å²) in [5.41, 5.74) is -0.0963. The Morgan fingerprint density at radius 3 is 2.60 bits per heavy atom. The van der Waals surface area contributed by atoms with E-state index in [9.17, 15) is 21.6 Å². The molecule has 1 unspecified atom stereocenters. The topological polar surface area (TPSA) is 109 Å². The number of sulfone groups is 1. The fourth-order valence-electron chi connectivity index (χ4n) is 1.96. The molecule has 1 N–H and O–H groups in total. The van der Waals surface area contributed by atoms with Crippen molar-refractivity contribution in [2.75, 3.05) is 18.6 Å². The van der Waals surface area contributed by atoms with Gasteiger partial charge in [0.15, 0.2) is 9.84 Å². The number of rotatable bonds is 4. The monoisotopic (exact) mass is 339 g/mol. The van der Waals surface area contributed by atoms with E-state index in [2.05, 4.69) is 0 Å². The Morgan fingerprint density at radius 1 is 1.50 bits per heavy atom. The molecular formula is C10H13NO6S3. The van der Waals surface area contributed by atoms with E-state index < -0.39 is 31.9 Å². The van der Waals surface area contributed by atoms with Gasteiger partial charge in [-0.2, -0.15) is 4.31 Å². The van der Waals surface area contributed by atoms with Crippen LogP contribution in [-0.4, -0.2) is 56.8 Å². The number of aromatic carboxylic acids is 1. The van der Waals surface area contributed by atoms with Crippen molar-refractivity contribution in [2.24, 2.45) is 0 Å². The molecular weight excluding hydrogens is 326 g/mol. The van der Waals surface area contributed by atoms with Crippen molar-refractivity contribution in [2.45, 2.75) is 16.7 Å². The number of sulfonamides is 1. The average Bonchev–Trinajstić information content (AvgIpc) is 2.94. The first-order chi connectivity index (χ1) is 9.13. The molecule has 0 spiro atoms. The molecule has 112 valence electrons. The van der Waals surface area contributed by atoms with Gasteiger partial charge >= 0.3 is 5.97 Å². The predicted molar refractivity (Wildman–Crippen MR) is 73.3 cm³/mol. The summed E-state index contributed by atoms with van der Waals surface area (Å²) in [7, 11) is -5.73. The first-order valence-electron chi connectivity index (χ1n) is 5.64. The lowest BCUT2D eigenvalue weighted by Gasteiger charge is -2.21. The van der Waals surface area contributed by atoms with E-state index in [1.165, 1.54) is 12.4 Å². The van der Waals surface area contributed by atoms with E-state index in [0.717, 1.165) is 21.7 Å². The smallest absolute Gasteiger partial charge is 0.336 e. The maximum Gasteiger partial charge on any atom is 0.336 e. The maximum atomic E-state index is 12.3. The molecule has 1 aliphatic rings. The van der Waals surface area contributed by atoms with Crippen molar-refractivity contribution in [3.8, 4) is 0 Å². The highest BCUT2D eigenvalue weighted by Gasteiger charge is 2.37. The molecule has 1 atom stereocenters. The second-order valence-electron chi connectivity index (χ2n) is 4.54. The van der Waals surface area contributed by atoms with Gasteiger partial charge in [-0.15, -0.1) is 11.3 Å². The molecule has 0 aliphatic carbocycles. The number of carbonyl (C=O) groups is 1. The summed E-state index contributed by atoms with van der Waals surface area (Å²) < 4.78 is 48.4. The Hall–Kier alpha value is -0.970. The molecule has 2 rings (SSSR count). The van der Waals surface area contributed by atoms with Gasteiger partial charge in [0.1, 0.15) is 4.21 Å². The molecule has 10 heteroatoms. The van der Waals surface area contributed by atoms with Crippen molar-refractivity contribution in [3.63, 3.8) is 0 Å². The lowest BCUT2D eigenvalue weighted by atomic mass is 10.3. The predicted octanol–water partition coefficient (Wildman–Crippen LogP) is 0.254. The SMILES string of the molecule is CN(C1CCS(=O)(=O)C1)S(=O)(=O)c1cc(C(=O)O)cs1. The number of hydrogen-bond donors (Lipinski definition) is 1. The van der Waals surface area contributed by atoms with Crippen molar-refractivity contribution >= 4 is 37.2 Å². The fraction of sp³-hybridized carbons (Fsp3) is 0.500. The van der Waals surface area contributed by atoms with Crippen LogP contribution in [0.15, 0.2) is 15.7 Å². The summed E-state index contributed by atoms with van der Waals surface area (Å²) in [4.78, 5) is 10.8. The van der Waals surface area contributed by atoms with E-state index in [1.807, 2.05) is 0 Å². The largest absolute Gasteiger partial charge is 0.478 e. The minimum Gasteiger partial charge on any atom is -0.478 e. The number of nitrogens with zero attached hydrogens (tertiary/aromatic N) is 1. The molecule has 7 nitrogen and oxygen atoms in total. The Kier molecular flexibility index (Phi) is 3.93. The Morgan fingerprint density at radius 2 is 2.15 bits per heavy atom. The molecule has 2 heterocycles. The van der Waals surface area contributed by atoms with Gasteiger partial charge in [0, 0.05) is 18.5 Å². The molecule has 0 amide bonds. The van der Waals surface area contributed by atoms with E-state index in [0.29, 0.717) is 0 Å². The van der Waals surface area contributed by atoms with Crippen LogP contribution in [0, 0.1) is 0 Å². The quantitative estimate of drug-likeness (QED) is 0.842. The Bertz CT molecular complexity index is 733. The van der Waals surface area contributed by atoms with Crippen molar-refractivity contribution in [1.82, 2.24) is 4.31 Å². The third-order valence-electron chi connectivity index (χ3n) is 3.18. The molecule has 1 aromatic heterocycles. The van der Waals surface area contributed by atoms with Crippen LogP contribution in [0.3, 0.4) is 0 Å². The van der Waals surface area contributed by atoms with Crippen LogP contribution in [0.5, 0.6) is 0 Å². The average molecular weight is 339 g/mol. The zero-order valence-corrected chi connectivity index (χ0v) is 13.0. The molecule has 0 saturated carbocycles. The van der Waals surface area contributed by atoms with E-state index in [1.54, 1.807) is 0 Å². The van der Waals surface area contributed by atoms with Gasteiger partial charge in [0.2, 0.25) is 0 Å². The lowest BCUT2D eigenvalue weighted by molar-refractivity contribution is 0.0697. The molecule has 1 saturated heterocycles. The van der Waals surface area contributed by atoms with Crippen molar-refractivity contribution in [1.29, 1.82) is 0 Å². The second-order valence-corrected chi connectivity index (χ2v) is 9.90. The molecule has 1 aromatic rings. The second kappa shape index (κ2) is 5.10. The normalized spacial score (nSPS) is 22.2. The summed E-state index contributed by atoms with van der Waals surface area (Å²) in [6.07, 6.45) is 0.259. The van der Waals surface area contributed by atoms with Crippen LogP contribution in [0.1, 0.15) is 16.8 Å². The van der Waals surface area contributed by atoms with E-state index >= 15 is 0 Å². The van der Waals surface area contributed by atoms with Gasteiger partial charge < -0.3 is 5.11 Å². The van der Waals surface area contributed by atoms with Crippen LogP contribution < -0.4 is 0 Å². The maximum absolute atomic E-state index is 12.3. The van der Waals surface area contributed by atoms with Crippen LogP contribution in [0.4, 0.5) is 0 Å². The van der Waals surface area contributed by atoms with Crippen molar-refractivity contribution < 1.29 is 26.7 Å². The first-order valence-corrected chi connectivity index (χ1v) is 9.78. The highest BCUT2D eigenvalue weighted by Crippen LogP contribution is 2.27. The molecule has 1 aliphatic heterocycles. The standard InChI is InChI=1S/C10H13NO6S3/c1-11(8-2-3-19(14,15)6-8)20(16,17)9-4-7(5-18-9)10(12)13/h4-5,8H,2-3,6H2,1H3,(H,12,13). The van der Waals surface area contributed by atoms with E-state index in [4.69, 9.17) is 5.11 Å². The number of carboxylic acids is 1. The zero-order chi connectivity index (χ0) is 15.1. The molecule has 0 aromatic carbocycles. The van der Waals surface area contributed by atoms with Gasteiger partial charge in [0.05, 0.1) is 17.1 Å². The van der Waals surface area contributed by atoms with Gasteiger partial charge in [-0.3, -0.25) is 0 Å². The Balaban J connectivity index is 2.28. The Labute approximate surface area is 120 Å². The fourth-order valence-corrected chi connectivity index (χ4v) is 6.56. The minimum absolute atomic E-state index is 0.0255. The van der Waals surface area contributed by atoms with Crippen LogP contribution in [-0.2, 0) is 19.9 Å². The molecule has 1 fully saturated rings. The molecule has 0 bridgehead atoms. The van der Waals surface area contributed by atoms with Gasteiger partial charge in [0.25, 0.3) is 10.0 Å². The lowest BCUT2D eigenvalue weighted by Crippen LogP contribution is -2.37. The number of thiophene rings is 1. The molecule has 0 radical (unpaired) electrons. The van der Waals surface area contributed by atoms with Crippen LogP contribution >= 0.6 is 11.3 Å². The summed E-state index contributed by atoms with van der Waals surface area (Å²) in [6.45, 7) is 0. The third kappa shape index (κ3) is 2.87. The molecule has 20 heavy (non-hydrogen) atoms. The van der Waals surface area contributed by atoms with Gasteiger partial charge in [-0.25, -0.2) is 21.6 Å². The minimum atomic E-state index is -3.86. The van der Waals surface area contributed by atoms with E-state index in [-0.39, 0.29) is 27.7 Å². The van der Waals surface area contributed by atoms with Crippen LogP contribution in [0.2, 0.25) is 0 Å². The number of carboxylic acid groups (broad SMARTS) is 1.